The molecule has 0 radical (unpaired) electrons. The second kappa shape index (κ2) is 16.3. The van der Waals surface area contributed by atoms with E-state index in [1.54, 1.807) is 6.92 Å². The summed E-state index contributed by atoms with van der Waals surface area (Å²) in [5.74, 6) is -1.07. The molecule has 1 aliphatic heterocycles. The largest absolute Gasteiger partial charge is 0.490 e. The fourth-order valence-electron chi connectivity index (χ4n) is 5.89. The number of hydrogen-bond donors (Lipinski definition) is 1. The molecule has 2 heterocycles. The zero-order valence-electron chi connectivity index (χ0n) is 27.9. The number of ether oxygens (including phenoxy) is 2. The van der Waals surface area contributed by atoms with Crippen LogP contribution in [0.5, 0.6) is 5.75 Å². The summed E-state index contributed by atoms with van der Waals surface area (Å²) in [5.41, 5.74) is -4.88. The predicted molar refractivity (Wildman–Crippen MR) is 169 cm³/mol. The van der Waals surface area contributed by atoms with Crippen molar-refractivity contribution in [2.24, 2.45) is 0 Å². The van der Waals surface area contributed by atoms with Crippen molar-refractivity contribution >= 4 is 23.7 Å². The molecule has 0 unspecified atom stereocenters. The number of anilines is 2. The normalized spacial score (nSPS) is 16.3. The van der Waals surface area contributed by atoms with Crippen LogP contribution >= 0.6 is 0 Å². The topological polar surface area (TPSA) is 105 Å². The lowest BCUT2D eigenvalue weighted by Crippen LogP contribution is -2.48. The summed E-state index contributed by atoms with van der Waals surface area (Å²) in [6, 6.07) is 1.68. The first-order chi connectivity index (χ1) is 24.3. The van der Waals surface area contributed by atoms with Crippen molar-refractivity contribution in [1.29, 1.82) is 0 Å². The van der Waals surface area contributed by atoms with E-state index in [1.165, 1.54) is 29.1 Å². The highest BCUT2D eigenvalue weighted by Gasteiger charge is 2.42. The SMILES string of the molecule is CCOC(=O)N1c2ccc(C(F)(F)F)cc2[C@@H](N(Cc2cc(C(F)(F)F)cc(C(F)(F)F)c2)c2ncc(OCCCCCC(=O)O)cn2)C[C@H]1CC. The van der Waals surface area contributed by atoms with Crippen LogP contribution in [0.1, 0.15) is 86.2 Å². The number of fused-ring (bicyclic) bond motifs is 1. The number of carbonyl (C=O) groups excluding carboxylic acids is 1. The van der Waals surface area contributed by atoms with Crippen LogP contribution in [0.4, 0.5) is 55.9 Å². The van der Waals surface area contributed by atoms with Gasteiger partial charge in [-0.1, -0.05) is 6.92 Å². The first kappa shape index (κ1) is 40.0. The molecule has 9 nitrogen and oxygen atoms in total. The van der Waals surface area contributed by atoms with Crippen molar-refractivity contribution in [3.63, 3.8) is 0 Å². The molecule has 0 aliphatic carbocycles. The van der Waals surface area contributed by atoms with Gasteiger partial charge in [-0.2, -0.15) is 39.5 Å². The van der Waals surface area contributed by atoms with Crippen LogP contribution in [-0.2, 0) is 34.6 Å². The summed E-state index contributed by atoms with van der Waals surface area (Å²) >= 11 is 0. The van der Waals surface area contributed by atoms with Gasteiger partial charge < -0.3 is 19.5 Å². The maximum Gasteiger partial charge on any atom is 0.416 e. The van der Waals surface area contributed by atoms with Crippen LogP contribution < -0.4 is 14.5 Å². The molecule has 2 atom stereocenters. The van der Waals surface area contributed by atoms with Crippen molar-refractivity contribution in [2.75, 3.05) is 23.0 Å². The van der Waals surface area contributed by atoms with E-state index in [9.17, 15) is 49.1 Å². The summed E-state index contributed by atoms with van der Waals surface area (Å²) in [7, 11) is 0. The minimum absolute atomic E-state index is 0.00224. The highest BCUT2D eigenvalue weighted by Crippen LogP contribution is 2.46. The van der Waals surface area contributed by atoms with E-state index in [1.807, 2.05) is 0 Å². The number of hydrogen-bond acceptors (Lipinski definition) is 7. The van der Waals surface area contributed by atoms with Gasteiger partial charge in [-0.05, 0) is 86.6 Å². The average molecular weight is 751 g/mol. The molecule has 1 aliphatic rings. The third kappa shape index (κ3) is 9.97. The number of halogens is 9. The van der Waals surface area contributed by atoms with E-state index >= 15 is 0 Å². The second-order valence-electron chi connectivity index (χ2n) is 12.0. The number of carboxylic acid groups (broad SMARTS) is 1. The van der Waals surface area contributed by atoms with Crippen LogP contribution in [0.15, 0.2) is 48.8 Å². The van der Waals surface area contributed by atoms with Gasteiger partial charge in [0.1, 0.15) is 0 Å². The summed E-state index contributed by atoms with van der Waals surface area (Å²) in [4.78, 5) is 34.7. The Balaban J connectivity index is 1.84. The number of nitrogens with zero attached hydrogens (tertiary/aromatic N) is 4. The molecule has 2 aromatic carbocycles. The Hall–Kier alpha value is -4.77. The molecular formula is C34H35F9N4O5. The molecule has 52 heavy (non-hydrogen) atoms. The van der Waals surface area contributed by atoms with Crippen LogP contribution in [0.3, 0.4) is 0 Å². The number of aromatic nitrogens is 2. The van der Waals surface area contributed by atoms with Gasteiger partial charge in [0.05, 0.1) is 54.0 Å². The highest BCUT2D eigenvalue weighted by atomic mass is 19.4. The Morgan fingerprint density at radius 1 is 0.865 bits per heavy atom. The van der Waals surface area contributed by atoms with Gasteiger partial charge in [0.2, 0.25) is 5.95 Å². The fourth-order valence-corrected chi connectivity index (χ4v) is 5.89. The Morgan fingerprint density at radius 3 is 2.02 bits per heavy atom. The Morgan fingerprint density at radius 2 is 1.48 bits per heavy atom. The molecule has 18 heteroatoms. The van der Waals surface area contributed by atoms with Crippen molar-refractivity contribution in [3.8, 4) is 5.75 Å². The number of alkyl halides is 9. The lowest BCUT2D eigenvalue weighted by atomic mass is 9.87. The van der Waals surface area contributed by atoms with Gasteiger partial charge in [-0.15, -0.1) is 0 Å². The van der Waals surface area contributed by atoms with Crippen LogP contribution in [0.2, 0.25) is 0 Å². The van der Waals surface area contributed by atoms with Crippen LogP contribution in [-0.4, -0.2) is 46.4 Å². The molecule has 1 aromatic heterocycles. The monoisotopic (exact) mass is 750 g/mol. The van der Waals surface area contributed by atoms with Crippen molar-refractivity contribution < 1.29 is 63.7 Å². The van der Waals surface area contributed by atoms with Gasteiger partial charge in [-0.25, -0.2) is 14.8 Å². The highest BCUT2D eigenvalue weighted by molar-refractivity contribution is 5.90. The summed E-state index contributed by atoms with van der Waals surface area (Å²) in [6.45, 7) is 2.61. The average Bonchev–Trinajstić information content (AvgIpc) is 3.06. The molecular weight excluding hydrogens is 715 g/mol. The molecule has 0 bridgehead atoms. The maximum atomic E-state index is 14.0. The summed E-state index contributed by atoms with van der Waals surface area (Å²) in [5, 5.41) is 8.77. The van der Waals surface area contributed by atoms with Gasteiger partial charge in [-0.3, -0.25) is 9.69 Å². The van der Waals surface area contributed by atoms with Gasteiger partial charge in [0.15, 0.2) is 5.75 Å². The third-order valence-electron chi connectivity index (χ3n) is 8.32. The fraction of sp³-hybridized carbons (Fsp3) is 0.471. The Kier molecular flexibility index (Phi) is 12.5. The van der Waals surface area contributed by atoms with Crippen molar-refractivity contribution in [3.05, 3.63) is 76.6 Å². The third-order valence-corrected chi connectivity index (χ3v) is 8.32. The minimum atomic E-state index is -5.17. The zero-order valence-corrected chi connectivity index (χ0v) is 27.9. The molecule has 0 saturated heterocycles. The lowest BCUT2D eigenvalue weighted by molar-refractivity contribution is -0.143. The van der Waals surface area contributed by atoms with E-state index in [2.05, 4.69) is 9.97 Å². The number of carboxylic acids is 1. The van der Waals surface area contributed by atoms with Gasteiger partial charge in [0.25, 0.3) is 0 Å². The predicted octanol–water partition coefficient (Wildman–Crippen LogP) is 9.45. The number of rotatable bonds is 13. The van der Waals surface area contributed by atoms with E-state index in [0.717, 1.165) is 18.2 Å². The molecule has 1 amide bonds. The number of amides is 1. The smallest absolute Gasteiger partial charge is 0.416 e. The lowest BCUT2D eigenvalue weighted by Gasteiger charge is -2.44. The quantitative estimate of drug-likeness (QED) is 0.136. The Labute approximate surface area is 292 Å². The molecule has 284 valence electrons. The molecule has 0 saturated carbocycles. The van der Waals surface area contributed by atoms with Crippen molar-refractivity contribution in [2.45, 2.75) is 89.5 Å². The Bertz CT molecular complexity index is 1670. The zero-order chi connectivity index (χ0) is 38.4. The van der Waals surface area contributed by atoms with Gasteiger partial charge in [0, 0.05) is 19.0 Å². The van der Waals surface area contributed by atoms with E-state index in [4.69, 9.17) is 14.6 Å². The first-order valence-corrected chi connectivity index (χ1v) is 16.2. The first-order valence-electron chi connectivity index (χ1n) is 16.2. The summed E-state index contributed by atoms with van der Waals surface area (Å²) in [6.07, 6.45) is -12.1. The van der Waals surface area contributed by atoms with Crippen LogP contribution in [0.25, 0.3) is 0 Å². The number of carbonyl (C=O) groups is 2. The molecule has 4 rings (SSSR count). The molecule has 3 aromatic rings. The minimum Gasteiger partial charge on any atom is -0.490 e. The van der Waals surface area contributed by atoms with E-state index in [-0.39, 0.29) is 61.5 Å². The number of benzene rings is 2. The molecule has 1 N–H and O–H groups in total. The molecule has 0 fully saturated rings. The molecule has 0 spiro atoms. The van der Waals surface area contributed by atoms with E-state index in [0.29, 0.717) is 31.4 Å². The van der Waals surface area contributed by atoms with E-state index < -0.39 is 71.5 Å². The number of aliphatic carboxylic acids is 1. The number of unbranched alkanes of at least 4 members (excludes halogenated alkanes) is 2. The van der Waals surface area contributed by atoms with Crippen LogP contribution in [0, 0.1) is 0 Å². The maximum absolute atomic E-state index is 14.0. The van der Waals surface area contributed by atoms with Gasteiger partial charge >= 0.3 is 30.6 Å². The summed E-state index contributed by atoms with van der Waals surface area (Å²) < 4.78 is 136. The van der Waals surface area contributed by atoms with Crippen molar-refractivity contribution in [1.82, 2.24) is 9.97 Å². The second-order valence-corrected chi connectivity index (χ2v) is 12.0. The standard InChI is InChI=1S/C34H35F9N4O5/c1-3-24-16-28(26-15-21(32(35,36)37)9-10-27(26)47(24)31(50)51-4-2)46(19-20-12-22(33(38,39)40)14-23(13-20)34(41,42)43)30-44-17-25(18-45-30)52-11-7-5-6-8-29(48)49/h9-10,12-15,17-18,24,28H,3-8,11,16,19H2,1-2H3,(H,48,49)/t24-,28+/m1/s1.